The van der Waals surface area contributed by atoms with Gasteiger partial charge < -0.3 is 9.15 Å². The van der Waals surface area contributed by atoms with Crippen LogP contribution in [0.1, 0.15) is 28.7 Å². The van der Waals surface area contributed by atoms with Gasteiger partial charge in [-0.25, -0.2) is 9.59 Å². The maximum Gasteiger partial charge on any atom is 0.336 e. The molecule has 1 aliphatic carbocycles. The monoisotopic (exact) mass is 391 g/mol. The Balaban J connectivity index is 1.48. The lowest BCUT2D eigenvalue weighted by Gasteiger charge is -2.08. The van der Waals surface area contributed by atoms with Crippen LogP contribution in [-0.2, 0) is 29.0 Å². The number of hydrogen-bond acceptors (Lipinski definition) is 6. The first-order valence-corrected chi connectivity index (χ1v) is 9.17. The Morgan fingerprint density at radius 3 is 2.59 bits per heavy atom. The smallest absolute Gasteiger partial charge is 0.336 e. The maximum absolute atomic E-state index is 12.1. The molecule has 7 heteroatoms. The van der Waals surface area contributed by atoms with Crippen LogP contribution in [0.5, 0.6) is 0 Å². The van der Waals surface area contributed by atoms with Crippen molar-refractivity contribution in [3.63, 3.8) is 0 Å². The number of hydrogen-bond donors (Lipinski definition) is 0. The van der Waals surface area contributed by atoms with Crippen molar-refractivity contribution in [3.05, 3.63) is 91.3 Å². The van der Waals surface area contributed by atoms with Crippen LogP contribution in [0.2, 0.25) is 0 Å². The van der Waals surface area contributed by atoms with Crippen LogP contribution < -0.4 is 5.63 Å². The number of esters is 1. The Morgan fingerprint density at radius 1 is 1.14 bits per heavy atom. The molecule has 0 saturated carbocycles. The summed E-state index contributed by atoms with van der Waals surface area (Å²) in [6.45, 7) is -0.0513. The van der Waals surface area contributed by atoms with Gasteiger partial charge in [-0.3, -0.25) is 10.1 Å². The van der Waals surface area contributed by atoms with Gasteiger partial charge in [-0.1, -0.05) is 0 Å². The first-order valence-electron chi connectivity index (χ1n) is 9.17. The fourth-order valence-electron chi connectivity index (χ4n) is 3.48. The van der Waals surface area contributed by atoms with Gasteiger partial charge in [0.15, 0.2) is 0 Å². The Bertz CT molecular complexity index is 1190. The standard InChI is InChI=1S/C22H17NO6/c24-21(9-6-14-4-7-18(8-5-14)23(26)27)28-13-17-12-22(25)29-20-11-16-3-1-2-15(16)10-19(17)20/h4-12H,1-3,13H2. The Morgan fingerprint density at radius 2 is 1.86 bits per heavy atom. The molecule has 1 heterocycles. The van der Waals surface area contributed by atoms with Gasteiger partial charge in [0.25, 0.3) is 5.69 Å². The number of nitro groups is 1. The van der Waals surface area contributed by atoms with Crippen LogP contribution in [0, 0.1) is 10.1 Å². The predicted octanol–water partition coefficient (Wildman–Crippen LogP) is 3.95. The Labute approximate surface area is 165 Å². The highest BCUT2D eigenvalue weighted by molar-refractivity contribution is 5.87. The molecule has 7 nitrogen and oxygen atoms in total. The maximum atomic E-state index is 12.1. The van der Waals surface area contributed by atoms with Gasteiger partial charge in [-0.2, -0.15) is 0 Å². The summed E-state index contributed by atoms with van der Waals surface area (Å²) >= 11 is 0. The summed E-state index contributed by atoms with van der Waals surface area (Å²) in [5, 5.41) is 11.4. The molecule has 0 aliphatic heterocycles. The quantitative estimate of drug-likeness (QED) is 0.215. The molecule has 0 radical (unpaired) electrons. The third-order valence-corrected chi connectivity index (χ3v) is 4.93. The summed E-state index contributed by atoms with van der Waals surface area (Å²) in [5.74, 6) is -0.578. The van der Waals surface area contributed by atoms with Gasteiger partial charge in [-0.05, 0) is 66.3 Å². The van der Waals surface area contributed by atoms with Crippen molar-refractivity contribution in [1.29, 1.82) is 0 Å². The summed E-state index contributed by atoms with van der Waals surface area (Å²) < 4.78 is 10.6. The van der Waals surface area contributed by atoms with Crippen LogP contribution >= 0.6 is 0 Å². The number of aryl methyl sites for hydroxylation is 2. The molecule has 0 N–H and O–H groups in total. The number of ether oxygens (including phenoxy) is 1. The minimum absolute atomic E-state index is 0.0222. The van der Waals surface area contributed by atoms with Gasteiger partial charge >= 0.3 is 11.6 Å². The normalized spacial score (nSPS) is 13.0. The van der Waals surface area contributed by atoms with Gasteiger partial charge in [-0.15, -0.1) is 0 Å². The number of fused-ring (bicyclic) bond motifs is 2. The van der Waals surface area contributed by atoms with Crippen molar-refractivity contribution in [1.82, 2.24) is 0 Å². The molecule has 0 spiro atoms. The summed E-state index contributed by atoms with van der Waals surface area (Å²) in [5.41, 5.74) is 3.66. The second-order valence-corrected chi connectivity index (χ2v) is 6.85. The Kier molecular flexibility index (Phi) is 4.95. The number of rotatable bonds is 5. The highest BCUT2D eigenvalue weighted by Gasteiger charge is 2.15. The van der Waals surface area contributed by atoms with E-state index in [2.05, 4.69) is 0 Å². The number of non-ortho nitro benzene ring substituents is 1. The van der Waals surface area contributed by atoms with Crippen LogP contribution in [0.3, 0.4) is 0 Å². The lowest BCUT2D eigenvalue weighted by molar-refractivity contribution is -0.384. The topological polar surface area (TPSA) is 99.6 Å². The Hall–Kier alpha value is -3.74. The third-order valence-electron chi connectivity index (χ3n) is 4.93. The van der Waals surface area contributed by atoms with Crippen molar-refractivity contribution >= 4 is 28.7 Å². The molecule has 1 aliphatic rings. The molecule has 3 aromatic rings. The van der Waals surface area contributed by atoms with E-state index in [1.54, 1.807) is 12.1 Å². The highest BCUT2D eigenvalue weighted by Crippen LogP contribution is 2.28. The molecule has 0 fully saturated rings. The average molecular weight is 391 g/mol. The van der Waals surface area contributed by atoms with Crippen molar-refractivity contribution in [2.75, 3.05) is 0 Å². The van der Waals surface area contributed by atoms with E-state index in [-0.39, 0.29) is 12.3 Å². The first-order chi connectivity index (χ1) is 14.0. The zero-order chi connectivity index (χ0) is 20.4. The lowest BCUT2D eigenvalue weighted by atomic mass is 10.0. The van der Waals surface area contributed by atoms with Gasteiger partial charge in [0.1, 0.15) is 12.2 Å². The van der Waals surface area contributed by atoms with Crippen molar-refractivity contribution in [3.8, 4) is 0 Å². The molecular formula is C22H17NO6. The van der Waals surface area contributed by atoms with Crippen molar-refractivity contribution in [2.24, 2.45) is 0 Å². The van der Waals surface area contributed by atoms with E-state index in [1.807, 2.05) is 12.1 Å². The number of benzene rings is 2. The summed E-state index contributed by atoms with van der Waals surface area (Å²) in [6.07, 6.45) is 5.79. The molecule has 4 rings (SSSR count). The predicted molar refractivity (Wildman–Crippen MR) is 106 cm³/mol. The molecule has 29 heavy (non-hydrogen) atoms. The lowest BCUT2D eigenvalue weighted by Crippen LogP contribution is -2.06. The van der Waals surface area contributed by atoms with Crippen molar-refractivity contribution < 1.29 is 18.9 Å². The molecule has 0 unspecified atom stereocenters. The van der Waals surface area contributed by atoms with E-state index in [4.69, 9.17) is 9.15 Å². The SMILES string of the molecule is O=C(C=Cc1ccc([N+](=O)[O-])cc1)OCc1cc(=O)oc2cc3c(cc12)CCC3. The molecule has 1 aromatic heterocycles. The molecule has 0 bridgehead atoms. The second kappa shape index (κ2) is 7.71. The average Bonchev–Trinajstić information content (AvgIpc) is 3.16. The molecule has 0 amide bonds. The molecule has 0 atom stereocenters. The molecular weight excluding hydrogens is 374 g/mol. The minimum Gasteiger partial charge on any atom is -0.458 e. The second-order valence-electron chi connectivity index (χ2n) is 6.85. The zero-order valence-corrected chi connectivity index (χ0v) is 15.4. The van der Waals surface area contributed by atoms with E-state index >= 15 is 0 Å². The largest absolute Gasteiger partial charge is 0.458 e. The first kappa shape index (κ1) is 18.6. The zero-order valence-electron chi connectivity index (χ0n) is 15.4. The van der Waals surface area contributed by atoms with E-state index < -0.39 is 16.5 Å². The van der Waals surface area contributed by atoms with Crippen LogP contribution in [-0.4, -0.2) is 10.9 Å². The number of nitro benzene ring substituents is 1. The summed E-state index contributed by atoms with van der Waals surface area (Å²) in [4.78, 5) is 34.1. The van der Waals surface area contributed by atoms with E-state index in [9.17, 15) is 19.7 Å². The van der Waals surface area contributed by atoms with Crippen LogP contribution in [0.15, 0.2) is 57.8 Å². The van der Waals surface area contributed by atoms with Gasteiger partial charge in [0.2, 0.25) is 0 Å². The van der Waals surface area contributed by atoms with Crippen LogP contribution in [0.4, 0.5) is 5.69 Å². The molecule has 2 aromatic carbocycles. The van der Waals surface area contributed by atoms with E-state index in [0.29, 0.717) is 16.7 Å². The van der Waals surface area contributed by atoms with Gasteiger partial charge in [0.05, 0.1) is 4.92 Å². The molecule has 146 valence electrons. The minimum atomic E-state index is -0.578. The van der Waals surface area contributed by atoms with E-state index in [1.165, 1.54) is 41.5 Å². The number of carbonyl (C=O) groups is 1. The number of nitrogens with zero attached hydrogens (tertiary/aromatic N) is 1. The fraction of sp³-hybridized carbons (Fsp3) is 0.182. The summed E-state index contributed by atoms with van der Waals surface area (Å²) in [7, 11) is 0. The van der Waals surface area contributed by atoms with Crippen LogP contribution in [0.25, 0.3) is 17.0 Å². The third kappa shape index (κ3) is 4.08. The fourth-order valence-corrected chi connectivity index (χ4v) is 3.48. The number of carbonyl (C=O) groups excluding carboxylic acids is 1. The summed E-state index contributed by atoms with van der Waals surface area (Å²) in [6, 6.07) is 11.1. The molecule has 0 saturated heterocycles. The van der Waals surface area contributed by atoms with Gasteiger partial charge in [0, 0.05) is 35.2 Å². The van der Waals surface area contributed by atoms with Crippen molar-refractivity contribution in [2.45, 2.75) is 25.9 Å². The van der Waals surface area contributed by atoms with E-state index in [0.717, 1.165) is 24.6 Å². The highest BCUT2D eigenvalue weighted by atomic mass is 16.6.